The van der Waals surface area contributed by atoms with Crippen molar-refractivity contribution in [2.24, 2.45) is 0 Å². The van der Waals surface area contributed by atoms with Crippen LogP contribution < -0.4 is 5.32 Å². The minimum Gasteiger partial charge on any atom is -0.444 e. The molecule has 1 atom stereocenters. The van der Waals surface area contributed by atoms with Gasteiger partial charge in [0.2, 0.25) is 0 Å². The Morgan fingerprint density at radius 2 is 2.20 bits per heavy atom. The second-order valence-corrected chi connectivity index (χ2v) is 7.02. The monoisotopic (exact) mass is 387 g/mol. The van der Waals surface area contributed by atoms with Gasteiger partial charge in [0, 0.05) is 4.43 Å². The van der Waals surface area contributed by atoms with E-state index < -0.39 is 5.60 Å². The van der Waals surface area contributed by atoms with Gasteiger partial charge in [0.05, 0.1) is 6.04 Å². The van der Waals surface area contributed by atoms with E-state index in [1.165, 1.54) is 16.7 Å². The number of carbonyl (C=O) groups is 1. The summed E-state index contributed by atoms with van der Waals surface area (Å²) < 4.78 is 6.37. The van der Waals surface area contributed by atoms with Gasteiger partial charge < -0.3 is 10.1 Å². The summed E-state index contributed by atoms with van der Waals surface area (Å²) in [6, 6.07) is 6.66. The molecular formula is C16H22INO2. The summed E-state index contributed by atoms with van der Waals surface area (Å²) in [5, 5.41) is 3.01. The molecule has 0 heterocycles. The number of nitrogens with one attached hydrogen (secondary N) is 1. The van der Waals surface area contributed by atoms with Crippen molar-refractivity contribution in [1.29, 1.82) is 0 Å². The predicted molar refractivity (Wildman–Crippen MR) is 89.2 cm³/mol. The number of hydrogen-bond acceptors (Lipinski definition) is 2. The molecule has 1 amide bonds. The fraction of sp³-hybridized carbons (Fsp3) is 0.562. The fourth-order valence-corrected chi connectivity index (χ4v) is 3.03. The zero-order chi connectivity index (χ0) is 14.8. The van der Waals surface area contributed by atoms with Crippen LogP contribution in [0.1, 0.15) is 56.3 Å². The molecule has 0 radical (unpaired) electrons. The van der Waals surface area contributed by atoms with Crippen molar-refractivity contribution >= 4 is 28.7 Å². The van der Waals surface area contributed by atoms with Gasteiger partial charge >= 0.3 is 6.09 Å². The molecule has 0 bridgehead atoms. The Morgan fingerprint density at radius 1 is 1.45 bits per heavy atom. The molecule has 1 aliphatic carbocycles. The number of alkyl carbamates (subject to hydrolysis) is 1. The van der Waals surface area contributed by atoms with Gasteiger partial charge in [-0.15, -0.1) is 0 Å². The van der Waals surface area contributed by atoms with E-state index in [1.807, 2.05) is 20.8 Å². The summed E-state index contributed by atoms with van der Waals surface area (Å²) in [7, 11) is 0. The Kier molecular flexibility index (Phi) is 4.94. The van der Waals surface area contributed by atoms with Crippen molar-refractivity contribution in [2.45, 2.75) is 56.1 Å². The highest BCUT2D eigenvalue weighted by Crippen LogP contribution is 2.31. The number of rotatable bonds is 2. The molecule has 1 aliphatic rings. The number of hydrogen-bond donors (Lipinski definition) is 1. The predicted octanol–water partition coefficient (Wildman–Crippen LogP) is 4.52. The second-order valence-electron chi connectivity index (χ2n) is 6.26. The van der Waals surface area contributed by atoms with Crippen molar-refractivity contribution in [3.8, 4) is 0 Å². The van der Waals surface area contributed by atoms with E-state index >= 15 is 0 Å². The number of amides is 1. The highest BCUT2D eigenvalue weighted by molar-refractivity contribution is 14.1. The van der Waals surface area contributed by atoms with E-state index in [-0.39, 0.29) is 12.1 Å². The second kappa shape index (κ2) is 6.33. The Labute approximate surface area is 134 Å². The van der Waals surface area contributed by atoms with Crippen LogP contribution in [0.15, 0.2) is 18.2 Å². The molecule has 2 rings (SSSR count). The summed E-state index contributed by atoms with van der Waals surface area (Å²) in [5.41, 5.74) is 3.51. The van der Waals surface area contributed by atoms with Gasteiger partial charge in [-0.25, -0.2) is 4.79 Å². The molecule has 110 valence electrons. The van der Waals surface area contributed by atoms with E-state index in [0.29, 0.717) is 0 Å². The van der Waals surface area contributed by atoms with Gasteiger partial charge in [-0.2, -0.15) is 0 Å². The average Bonchev–Trinajstić information content (AvgIpc) is 2.36. The average molecular weight is 387 g/mol. The Hall–Kier alpha value is -0.780. The van der Waals surface area contributed by atoms with Gasteiger partial charge in [0.25, 0.3) is 0 Å². The number of alkyl halides is 1. The molecule has 0 fully saturated rings. The minimum atomic E-state index is -0.452. The largest absolute Gasteiger partial charge is 0.444 e. The van der Waals surface area contributed by atoms with E-state index in [1.54, 1.807) is 0 Å². The highest BCUT2D eigenvalue weighted by Gasteiger charge is 2.24. The quantitative estimate of drug-likeness (QED) is 0.599. The van der Waals surface area contributed by atoms with Crippen LogP contribution in [0.4, 0.5) is 4.79 Å². The lowest BCUT2D eigenvalue weighted by Crippen LogP contribution is -2.36. The molecule has 0 unspecified atom stereocenters. The molecule has 4 heteroatoms. The Morgan fingerprint density at radius 3 is 2.85 bits per heavy atom. The maximum Gasteiger partial charge on any atom is 0.408 e. The van der Waals surface area contributed by atoms with Crippen molar-refractivity contribution in [2.75, 3.05) is 0 Å². The van der Waals surface area contributed by atoms with E-state index in [9.17, 15) is 4.79 Å². The van der Waals surface area contributed by atoms with Gasteiger partial charge in [0.15, 0.2) is 0 Å². The molecular weight excluding hydrogens is 365 g/mol. The van der Waals surface area contributed by atoms with Crippen LogP contribution in [0.2, 0.25) is 0 Å². The van der Waals surface area contributed by atoms with E-state index in [4.69, 9.17) is 4.74 Å². The van der Waals surface area contributed by atoms with Gasteiger partial charge in [0.1, 0.15) is 5.60 Å². The van der Waals surface area contributed by atoms with E-state index in [2.05, 4.69) is 46.1 Å². The van der Waals surface area contributed by atoms with Crippen LogP contribution in [0.5, 0.6) is 0 Å². The van der Waals surface area contributed by atoms with Crippen LogP contribution in [0, 0.1) is 0 Å². The summed E-state index contributed by atoms with van der Waals surface area (Å²) >= 11 is 2.38. The molecule has 1 aromatic rings. The van der Waals surface area contributed by atoms with Crippen LogP contribution in [0.3, 0.4) is 0 Å². The van der Waals surface area contributed by atoms with Crippen LogP contribution in [-0.2, 0) is 15.6 Å². The molecule has 1 N–H and O–H groups in total. The summed E-state index contributed by atoms with van der Waals surface area (Å²) in [5.74, 6) is 0. The molecule has 0 saturated heterocycles. The number of benzene rings is 1. The first kappa shape index (κ1) is 15.6. The first-order valence-corrected chi connectivity index (χ1v) is 8.59. The number of halogens is 1. The van der Waals surface area contributed by atoms with Crippen molar-refractivity contribution < 1.29 is 9.53 Å². The molecule has 0 aliphatic heterocycles. The Balaban J connectivity index is 2.10. The van der Waals surface area contributed by atoms with Crippen LogP contribution in [-0.4, -0.2) is 11.7 Å². The Bertz CT molecular complexity index is 494. The summed E-state index contributed by atoms with van der Waals surface area (Å²) in [6.45, 7) is 5.65. The third-order valence-corrected chi connectivity index (χ3v) is 4.25. The lowest BCUT2D eigenvalue weighted by Gasteiger charge is -2.28. The minimum absolute atomic E-state index is 0.0804. The fourth-order valence-electron chi connectivity index (χ4n) is 2.55. The molecule has 0 spiro atoms. The van der Waals surface area contributed by atoms with Crippen LogP contribution >= 0.6 is 22.6 Å². The third-order valence-electron chi connectivity index (χ3n) is 3.37. The first-order chi connectivity index (χ1) is 9.39. The maximum atomic E-state index is 11.9. The van der Waals surface area contributed by atoms with Gasteiger partial charge in [-0.1, -0.05) is 40.8 Å². The first-order valence-electron chi connectivity index (χ1n) is 7.06. The lowest BCUT2D eigenvalue weighted by atomic mass is 9.87. The SMILES string of the molecule is CC(C)(C)OC(=O)N[C@H]1CCCc2cc(CI)ccc21. The molecule has 3 nitrogen and oxygen atoms in total. The number of ether oxygens (including phenoxy) is 1. The molecule has 0 saturated carbocycles. The van der Waals surface area contributed by atoms with Crippen molar-refractivity contribution in [1.82, 2.24) is 5.32 Å². The molecule has 1 aromatic carbocycles. The molecule has 0 aromatic heterocycles. The maximum absolute atomic E-state index is 11.9. The number of aryl methyl sites for hydroxylation is 1. The smallest absolute Gasteiger partial charge is 0.408 e. The number of fused-ring (bicyclic) bond motifs is 1. The zero-order valence-corrected chi connectivity index (χ0v) is 14.5. The van der Waals surface area contributed by atoms with E-state index in [0.717, 1.165) is 23.7 Å². The summed E-state index contributed by atoms with van der Waals surface area (Å²) in [4.78, 5) is 11.9. The van der Waals surface area contributed by atoms with Crippen molar-refractivity contribution in [3.05, 3.63) is 34.9 Å². The topological polar surface area (TPSA) is 38.3 Å². The van der Waals surface area contributed by atoms with Gasteiger partial charge in [-0.3, -0.25) is 0 Å². The molecule has 20 heavy (non-hydrogen) atoms. The summed E-state index contributed by atoms with van der Waals surface area (Å²) in [6.07, 6.45) is 2.87. The normalized spacial score (nSPS) is 18.3. The lowest BCUT2D eigenvalue weighted by molar-refractivity contribution is 0.0498. The standard InChI is InChI=1S/C16H22INO2/c1-16(2,3)20-15(19)18-14-6-4-5-12-9-11(10-17)7-8-13(12)14/h7-9,14H,4-6,10H2,1-3H3,(H,18,19)/t14-/m0/s1. The third kappa shape index (κ3) is 4.11. The van der Waals surface area contributed by atoms with Crippen molar-refractivity contribution in [3.63, 3.8) is 0 Å². The van der Waals surface area contributed by atoms with Gasteiger partial charge in [-0.05, 0) is 56.7 Å². The number of carbonyl (C=O) groups excluding carboxylic acids is 1. The highest BCUT2D eigenvalue weighted by atomic mass is 127. The van der Waals surface area contributed by atoms with Crippen LogP contribution in [0.25, 0.3) is 0 Å². The zero-order valence-electron chi connectivity index (χ0n) is 12.3.